The van der Waals surface area contributed by atoms with Gasteiger partial charge in [0.25, 0.3) is 0 Å². The zero-order chi connectivity index (χ0) is 13.1. The van der Waals surface area contributed by atoms with Gasteiger partial charge in [-0.25, -0.2) is 0 Å². The molecule has 3 nitrogen and oxygen atoms in total. The number of carboxylic acid groups (broad SMARTS) is 1. The number of aryl methyl sites for hydroxylation is 1. The van der Waals surface area contributed by atoms with Gasteiger partial charge in [-0.15, -0.1) is 0 Å². The van der Waals surface area contributed by atoms with Crippen molar-refractivity contribution < 1.29 is 14.6 Å². The summed E-state index contributed by atoms with van der Waals surface area (Å²) in [5.74, 6) is 0.0331. The number of hydrogen-bond acceptors (Lipinski definition) is 2. The highest BCUT2D eigenvalue weighted by atomic mass is 16.5. The van der Waals surface area contributed by atoms with Gasteiger partial charge in [-0.05, 0) is 37.8 Å². The lowest BCUT2D eigenvalue weighted by Gasteiger charge is -2.21. The van der Waals surface area contributed by atoms with Gasteiger partial charge < -0.3 is 9.84 Å². The summed E-state index contributed by atoms with van der Waals surface area (Å²) < 4.78 is 5.40. The molecule has 94 valence electrons. The van der Waals surface area contributed by atoms with Crippen LogP contribution in [0.25, 0.3) is 0 Å². The van der Waals surface area contributed by atoms with Crippen LogP contribution in [0.4, 0.5) is 0 Å². The van der Waals surface area contributed by atoms with Crippen LogP contribution in [-0.2, 0) is 17.6 Å². The standard InChI is InChI=1S/C14H20O3/c1-5-10-7-6-8-11(12(10)17-4)9-14(2,3)13(15)16/h6-8H,5,9H2,1-4H3,(H,15,16). The van der Waals surface area contributed by atoms with Gasteiger partial charge >= 0.3 is 5.97 Å². The first-order valence-corrected chi connectivity index (χ1v) is 5.80. The van der Waals surface area contributed by atoms with Gasteiger partial charge in [0, 0.05) is 0 Å². The second-order valence-electron chi connectivity index (χ2n) is 4.83. The van der Waals surface area contributed by atoms with Gasteiger partial charge in [0.15, 0.2) is 0 Å². The molecular weight excluding hydrogens is 216 g/mol. The minimum atomic E-state index is -0.790. The van der Waals surface area contributed by atoms with Gasteiger partial charge in [-0.1, -0.05) is 25.1 Å². The van der Waals surface area contributed by atoms with Crippen LogP contribution in [0, 0.1) is 5.41 Å². The fraction of sp³-hybridized carbons (Fsp3) is 0.500. The molecule has 0 radical (unpaired) electrons. The lowest BCUT2D eigenvalue weighted by Crippen LogP contribution is -2.26. The molecule has 0 aliphatic carbocycles. The van der Waals surface area contributed by atoms with E-state index in [1.54, 1.807) is 21.0 Å². The number of aliphatic carboxylic acids is 1. The molecule has 0 fully saturated rings. The molecule has 0 aliphatic heterocycles. The molecule has 3 heteroatoms. The van der Waals surface area contributed by atoms with Crippen LogP contribution in [0.2, 0.25) is 0 Å². The zero-order valence-corrected chi connectivity index (χ0v) is 10.9. The molecule has 0 bridgehead atoms. The van der Waals surface area contributed by atoms with Crippen LogP contribution in [0.5, 0.6) is 5.75 Å². The van der Waals surface area contributed by atoms with E-state index in [9.17, 15) is 4.79 Å². The molecule has 0 amide bonds. The summed E-state index contributed by atoms with van der Waals surface area (Å²) in [5.41, 5.74) is 1.30. The van der Waals surface area contributed by atoms with Crippen molar-refractivity contribution in [3.05, 3.63) is 29.3 Å². The Hall–Kier alpha value is -1.51. The average molecular weight is 236 g/mol. The first-order chi connectivity index (χ1) is 7.92. The Morgan fingerprint density at radius 2 is 1.94 bits per heavy atom. The van der Waals surface area contributed by atoms with Crippen molar-refractivity contribution in [2.24, 2.45) is 5.41 Å². The number of hydrogen-bond donors (Lipinski definition) is 1. The summed E-state index contributed by atoms with van der Waals surface area (Å²) in [4.78, 5) is 11.1. The lowest BCUT2D eigenvalue weighted by molar-refractivity contribution is -0.146. The molecule has 0 aromatic heterocycles. The third kappa shape index (κ3) is 2.99. The Labute approximate surface area is 102 Å². The Morgan fingerprint density at radius 3 is 2.41 bits per heavy atom. The van der Waals surface area contributed by atoms with E-state index in [1.165, 1.54) is 0 Å². The summed E-state index contributed by atoms with van der Waals surface area (Å²) in [6, 6.07) is 5.90. The van der Waals surface area contributed by atoms with Crippen molar-refractivity contribution in [1.82, 2.24) is 0 Å². The molecule has 1 aromatic rings. The minimum Gasteiger partial charge on any atom is -0.496 e. The number of rotatable bonds is 5. The normalized spacial score (nSPS) is 11.3. The van der Waals surface area contributed by atoms with E-state index in [4.69, 9.17) is 9.84 Å². The SMILES string of the molecule is CCc1cccc(CC(C)(C)C(=O)O)c1OC. The summed E-state index contributed by atoms with van der Waals surface area (Å²) in [7, 11) is 1.63. The van der Waals surface area contributed by atoms with Gasteiger partial charge in [-0.2, -0.15) is 0 Å². The third-order valence-corrected chi connectivity index (χ3v) is 2.97. The van der Waals surface area contributed by atoms with Crippen molar-refractivity contribution in [2.75, 3.05) is 7.11 Å². The Balaban J connectivity index is 3.10. The van der Waals surface area contributed by atoms with Gasteiger partial charge in [0.2, 0.25) is 0 Å². The molecular formula is C14H20O3. The molecule has 0 atom stereocenters. The Morgan fingerprint density at radius 1 is 1.35 bits per heavy atom. The fourth-order valence-electron chi connectivity index (χ4n) is 1.87. The number of carbonyl (C=O) groups is 1. The molecule has 0 saturated heterocycles. The minimum absolute atomic E-state index is 0.472. The van der Waals surface area contributed by atoms with E-state index in [0.717, 1.165) is 23.3 Å². The first-order valence-electron chi connectivity index (χ1n) is 5.80. The molecule has 1 rings (SSSR count). The van der Waals surface area contributed by atoms with Crippen LogP contribution >= 0.6 is 0 Å². The first kappa shape index (κ1) is 13.6. The highest BCUT2D eigenvalue weighted by Gasteiger charge is 2.28. The predicted molar refractivity (Wildman–Crippen MR) is 67.5 cm³/mol. The van der Waals surface area contributed by atoms with E-state index < -0.39 is 11.4 Å². The third-order valence-electron chi connectivity index (χ3n) is 2.97. The predicted octanol–water partition coefficient (Wildman–Crippen LogP) is 2.91. The molecule has 17 heavy (non-hydrogen) atoms. The van der Waals surface area contributed by atoms with E-state index in [2.05, 4.69) is 6.92 Å². The smallest absolute Gasteiger partial charge is 0.309 e. The highest BCUT2D eigenvalue weighted by Crippen LogP contribution is 2.30. The Kier molecular flexibility index (Phi) is 4.16. The zero-order valence-electron chi connectivity index (χ0n) is 10.9. The summed E-state index contributed by atoms with van der Waals surface area (Å²) >= 11 is 0. The van der Waals surface area contributed by atoms with Crippen molar-refractivity contribution in [1.29, 1.82) is 0 Å². The quantitative estimate of drug-likeness (QED) is 0.855. The summed E-state index contributed by atoms with van der Waals surface area (Å²) in [6.45, 7) is 5.52. The van der Waals surface area contributed by atoms with Crippen molar-refractivity contribution >= 4 is 5.97 Å². The molecule has 0 heterocycles. The van der Waals surface area contributed by atoms with E-state index in [-0.39, 0.29) is 0 Å². The van der Waals surface area contributed by atoms with Crippen LogP contribution in [0.15, 0.2) is 18.2 Å². The summed E-state index contributed by atoms with van der Waals surface area (Å²) in [6.07, 6.45) is 1.35. The second kappa shape index (κ2) is 5.21. The van der Waals surface area contributed by atoms with Crippen LogP contribution < -0.4 is 4.74 Å². The lowest BCUT2D eigenvalue weighted by atomic mass is 9.85. The number of carboxylic acids is 1. The molecule has 1 aromatic carbocycles. The molecule has 0 saturated carbocycles. The number of ether oxygens (including phenoxy) is 1. The molecule has 1 N–H and O–H groups in total. The Bertz CT molecular complexity index is 408. The highest BCUT2D eigenvalue weighted by molar-refractivity contribution is 5.74. The maximum Gasteiger partial charge on any atom is 0.309 e. The maximum atomic E-state index is 11.1. The number of methoxy groups -OCH3 is 1. The van der Waals surface area contributed by atoms with Gasteiger partial charge in [0.1, 0.15) is 5.75 Å². The largest absolute Gasteiger partial charge is 0.496 e. The van der Waals surface area contributed by atoms with Crippen LogP contribution in [-0.4, -0.2) is 18.2 Å². The molecule has 0 spiro atoms. The van der Waals surface area contributed by atoms with Crippen LogP contribution in [0.3, 0.4) is 0 Å². The monoisotopic (exact) mass is 236 g/mol. The average Bonchev–Trinajstić information content (AvgIpc) is 2.27. The summed E-state index contributed by atoms with van der Waals surface area (Å²) in [5, 5.41) is 9.15. The van der Waals surface area contributed by atoms with Crippen molar-refractivity contribution in [2.45, 2.75) is 33.6 Å². The molecule has 0 aliphatic rings. The van der Waals surface area contributed by atoms with Crippen molar-refractivity contribution in [3.8, 4) is 5.75 Å². The number of benzene rings is 1. The van der Waals surface area contributed by atoms with Gasteiger partial charge in [0.05, 0.1) is 12.5 Å². The van der Waals surface area contributed by atoms with E-state index in [1.807, 2.05) is 18.2 Å². The van der Waals surface area contributed by atoms with Crippen LogP contribution in [0.1, 0.15) is 31.9 Å². The van der Waals surface area contributed by atoms with E-state index >= 15 is 0 Å². The van der Waals surface area contributed by atoms with E-state index in [0.29, 0.717) is 6.42 Å². The van der Waals surface area contributed by atoms with Crippen molar-refractivity contribution in [3.63, 3.8) is 0 Å². The number of para-hydroxylation sites is 1. The van der Waals surface area contributed by atoms with Gasteiger partial charge in [-0.3, -0.25) is 4.79 Å². The second-order valence-corrected chi connectivity index (χ2v) is 4.83. The fourth-order valence-corrected chi connectivity index (χ4v) is 1.87. The molecule has 0 unspecified atom stereocenters. The maximum absolute atomic E-state index is 11.1. The topological polar surface area (TPSA) is 46.5 Å².